The van der Waals surface area contributed by atoms with E-state index in [1.54, 1.807) is 0 Å². The monoisotopic (exact) mass is 965 g/mol. The summed E-state index contributed by atoms with van der Waals surface area (Å²) < 4.78 is 34.4. The average Bonchev–Trinajstić information content (AvgIpc) is 3.30. The number of ether oxygens (including phenoxy) is 2. The molecular weight excluding hydrogens is 870 g/mol. The van der Waals surface area contributed by atoms with Crippen LogP contribution in [0.5, 0.6) is 0 Å². The van der Waals surface area contributed by atoms with E-state index in [0.717, 1.165) is 96.3 Å². The third kappa shape index (κ3) is 51.5. The number of rotatable bonds is 45. The van der Waals surface area contributed by atoms with Crippen LogP contribution in [0.4, 0.5) is 0 Å². The minimum absolute atomic E-state index is 0.0109. The van der Waals surface area contributed by atoms with Crippen molar-refractivity contribution in [2.75, 3.05) is 47.5 Å². The Bertz CT molecular complexity index is 1610. The maximum Gasteiger partial charge on any atom is 0.472 e. The van der Waals surface area contributed by atoms with Crippen molar-refractivity contribution >= 4 is 19.8 Å². The first-order valence-electron chi connectivity index (χ1n) is 25.9. The van der Waals surface area contributed by atoms with Crippen LogP contribution in [0, 0.1) is 0 Å². The van der Waals surface area contributed by atoms with Crippen molar-refractivity contribution in [3.8, 4) is 0 Å². The predicted octanol–water partition coefficient (Wildman–Crippen LogP) is 15.8. The topological polar surface area (TPSA) is 108 Å². The fourth-order valence-corrected chi connectivity index (χ4v) is 6.97. The molecule has 0 fully saturated rings. The van der Waals surface area contributed by atoms with Gasteiger partial charge in [-0.15, -0.1) is 0 Å². The van der Waals surface area contributed by atoms with Crippen LogP contribution < -0.4 is 0 Å². The highest BCUT2D eigenvalue weighted by molar-refractivity contribution is 7.47. The highest BCUT2D eigenvalue weighted by Crippen LogP contribution is 2.43. The van der Waals surface area contributed by atoms with Crippen LogP contribution in [-0.2, 0) is 32.7 Å². The highest BCUT2D eigenvalue weighted by Gasteiger charge is 2.27. The van der Waals surface area contributed by atoms with Gasteiger partial charge in [-0.05, 0) is 103 Å². The lowest BCUT2D eigenvalue weighted by Crippen LogP contribution is -2.37. The van der Waals surface area contributed by atoms with Crippen molar-refractivity contribution < 1.29 is 42.1 Å². The molecule has 10 heteroatoms. The molecule has 384 valence electrons. The number of nitrogens with zero attached hydrogens (tertiary/aromatic N) is 1. The lowest BCUT2D eigenvalue weighted by atomic mass is 10.1. The molecule has 0 amide bonds. The Hall–Kier alpha value is -3.85. The molecule has 0 rings (SSSR count). The average molecular weight is 965 g/mol. The minimum Gasteiger partial charge on any atom is -0.462 e. The Kier molecular flexibility index (Phi) is 45.5. The van der Waals surface area contributed by atoms with Crippen LogP contribution in [0.15, 0.2) is 134 Å². The molecule has 0 saturated heterocycles. The number of carbonyl (C=O) groups excluding carboxylic acids is 2. The Morgan fingerprint density at radius 1 is 0.456 bits per heavy atom. The smallest absolute Gasteiger partial charge is 0.462 e. The van der Waals surface area contributed by atoms with Gasteiger partial charge in [-0.2, -0.15) is 0 Å². The first-order chi connectivity index (χ1) is 33.0. The second-order valence-electron chi connectivity index (χ2n) is 17.8. The van der Waals surface area contributed by atoms with Gasteiger partial charge in [0.25, 0.3) is 0 Å². The summed E-state index contributed by atoms with van der Waals surface area (Å²) in [5.74, 6) is -0.890. The van der Waals surface area contributed by atoms with Crippen molar-refractivity contribution in [2.45, 2.75) is 174 Å². The van der Waals surface area contributed by atoms with Gasteiger partial charge in [0.1, 0.15) is 19.8 Å². The molecule has 0 aliphatic carbocycles. The highest BCUT2D eigenvalue weighted by atomic mass is 31.2. The zero-order chi connectivity index (χ0) is 49.9. The number of quaternary nitrogens is 1. The molecule has 0 spiro atoms. The molecular formula is C58H95NO8P+. The van der Waals surface area contributed by atoms with Gasteiger partial charge in [0.15, 0.2) is 6.10 Å². The van der Waals surface area contributed by atoms with Crippen LogP contribution in [-0.4, -0.2) is 74.9 Å². The fraction of sp³-hybridized carbons (Fsp3) is 0.586. The number of phosphoric ester groups is 1. The molecule has 2 atom stereocenters. The molecule has 68 heavy (non-hydrogen) atoms. The Morgan fingerprint density at radius 2 is 0.809 bits per heavy atom. The summed E-state index contributed by atoms with van der Waals surface area (Å²) in [5.41, 5.74) is 0. The number of hydrogen-bond acceptors (Lipinski definition) is 7. The summed E-state index contributed by atoms with van der Waals surface area (Å²) in [6, 6.07) is 0. The summed E-state index contributed by atoms with van der Waals surface area (Å²) in [6.45, 7) is 4.10. The largest absolute Gasteiger partial charge is 0.472 e. The van der Waals surface area contributed by atoms with Gasteiger partial charge in [-0.3, -0.25) is 18.6 Å². The number of allylic oxidation sites excluding steroid dienone is 22. The number of likely N-dealkylation sites (N-methyl/N-ethyl adjacent to an activating group) is 1. The van der Waals surface area contributed by atoms with Gasteiger partial charge in [0.2, 0.25) is 0 Å². The van der Waals surface area contributed by atoms with Crippen molar-refractivity contribution in [2.24, 2.45) is 0 Å². The number of phosphoric acid groups is 1. The molecule has 0 radical (unpaired) electrons. The van der Waals surface area contributed by atoms with E-state index in [1.807, 2.05) is 27.2 Å². The lowest BCUT2D eigenvalue weighted by Gasteiger charge is -2.24. The molecule has 9 nitrogen and oxygen atoms in total. The molecule has 0 heterocycles. The predicted molar refractivity (Wildman–Crippen MR) is 288 cm³/mol. The first-order valence-corrected chi connectivity index (χ1v) is 27.4. The zero-order valence-corrected chi connectivity index (χ0v) is 44.2. The Morgan fingerprint density at radius 3 is 1.22 bits per heavy atom. The zero-order valence-electron chi connectivity index (χ0n) is 43.3. The number of carbonyl (C=O) groups is 2. The van der Waals surface area contributed by atoms with E-state index in [-0.39, 0.29) is 26.1 Å². The van der Waals surface area contributed by atoms with Gasteiger partial charge in [0, 0.05) is 12.8 Å². The van der Waals surface area contributed by atoms with E-state index < -0.39 is 32.5 Å². The summed E-state index contributed by atoms with van der Waals surface area (Å²) in [5, 5.41) is 0. The maximum absolute atomic E-state index is 12.8. The Balaban J connectivity index is 4.41. The van der Waals surface area contributed by atoms with Gasteiger partial charge in [0.05, 0.1) is 27.7 Å². The van der Waals surface area contributed by atoms with Crippen molar-refractivity contribution in [1.82, 2.24) is 0 Å². The first kappa shape index (κ1) is 64.2. The summed E-state index contributed by atoms with van der Waals surface area (Å²) in [7, 11) is 1.41. The van der Waals surface area contributed by atoms with Crippen LogP contribution in [0.1, 0.15) is 168 Å². The molecule has 0 aliphatic heterocycles. The maximum atomic E-state index is 12.8. The van der Waals surface area contributed by atoms with Crippen molar-refractivity contribution in [3.05, 3.63) is 134 Å². The van der Waals surface area contributed by atoms with Crippen LogP contribution in [0.25, 0.3) is 0 Å². The van der Waals surface area contributed by atoms with E-state index in [0.29, 0.717) is 30.3 Å². The van der Waals surface area contributed by atoms with Crippen molar-refractivity contribution in [3.63, 3.8) is 0 Å². The van der Waals surface area contributed by atoms with Crippen LogP contribution in [0.3, 0.4) is 0 Å². The van der Waals surface area contributed by atoms with Crippen LogP contribution in [0.2, 0.25) is 0 Å². The van der Waals surface area contributed by atoms with E-state index in [9.17, 15) is 19.0 Å². The number of esters is 2. The third-order valence-electron chi connectivity index (χ3n) is 10.2. The van der Waals surface area contributed by atoms with Crippen molar-refractivity contribution in [1.29, 1.82) is 0 Å². The number of unbranched alkanes of at least 4 members (excludes halogenated alkanes) is 9. The summed E-state index contributed by atoms with van der Waals surface area (Å²) in [6.07, 6.45) is 69.4. The number of hydrogen-bond donors (Lipinski definition) is 1. The molecule has 0 bridgehead atoms. The summed E-state index contributed by atoms with van der Waals surface area (Å²) >= 11 is 0. The summed E-state index contributed by atoms with van der Waals surface area (Å²) in [4.78, 5) is 35.6. The van der Waals surface area contributed by atoms with Gasteiger partial charge in [-0.25, -0.2) is 4.57 Å². The second kappa shape index (κ2) is 48.2. The molecule has 0 aromatic heterocycles. The SMILES string of the molecule is CC/C=C\C/C=C\C/C=C\C/C=C\C/C=C\C/C=C\C/C=C\CCCC(=O)OC(COC(=O)CCCCCCCCCC/C=C\C/C=C\C/C=C\C/C=C\CC)COP(=O)(O)OCC[N+](C)(C)C. The van der Waals surface area contributed by atoms with Gasteiger partial charge in [-0.1, -0.05) is 186 Å². The molecule has 0 aromatic rings. The molecule has 0 saturated carbocycles. The minimum atomic E-state index is -4.41. The van der Waals surface area contributed by atoms with E-state index in [4.69, 9.17) is 18.5 Å². The standard InChI is InChI=1S/C58H94NO8P/c1-6-8-10-12-14-16-18-20-22-24-26-28-29-31-33-35-37-39-41-43-45-47-49-51-58(61)67-56(55-66-68(62,63)65-53-52-59(3,4)5)54-64-57(60)50-48-46-44-42-40-38-36-34-32-30-27-25-23-21-19-17-15-13-11-9-7-2/h8-11,14-17,20-23,26-28,30-31,33,37,39,43,45,56H,6-7,12-13,18-19,24-25,29,32,34-36,38,40-42,44,46-55H2,1-5H3/p+1/b10-8-,11-9-,16-14-,17-15-,22-20-,23-21-,28-26-,30-27-,33-31-,39-37-,45-43-. The second-order valence-corrected chi connectivity index (χ2v) is 19.2. The lowest BCUT2D eigenvalue weighted by molar-refractivity contribution is -0.870. The van der Waals surface area contributed by atoms with E-state index in [1.165, 1.54) is 25.7 Å². The van der Waals surface area contributed by atoms with E-state index in [2.05, 4.69) is 141 Å². The quantitative estimate of drug-likeness (QED) is 0.0211. The molecule has 2 unspecified atom stereocenters. The molecule has 0 aromatic carbocycles. The molecule has 0 aliphatic rings. The Labute approximate surface area is 415 Å². The van der Waals surface area contributed by atoms with Crippen LogP contribution >= 0.6 is 7.82 Å². The van der Waals surface area contributed by atoms with E-state index >= 15 is 0 Å². The fourth-order valence-electron chi connectivity index (χ4n) is 6.23. The normalized spacial score (nSPS) is 14.5. The molecule has 1 N–H and O–H groups in total. The van der Waals surface area contributed by atoms with Gasteiger partial charge < -0.3 is 18.9 Å². The third-order valence-corrected chi connectivity index (χ3v) is 11.2. The van der Waals surface area contributed by atoms with Gasteiger partial charge >= 0.3 is 19.8 Å².